The van der Waals surface area contributed by atoms with Gasteiger partial charge in [0.25, 0.3) is 5.91 Å². The molecule has 20 heavy (non-hydrogen) atoms. The summed E-state index contributed by atoms with van der Waals surface area (Å²) in [5, 5.41) is 3.43. The number of amides is 1. The van der Waals surface area contributed by atoms with Gasteiger partial charge in [-0.2, -0.15) is 0 Å². The molecule has 1 aliphatic heterocycles. The van der Waals surface area contributed by atoms with Crippen molar-refractivity contribution in [2.75, 3.05) is 18.5 Å². The molecule has 1 aromatic heterocycles. The van der Waals surface area contributed by atoms with E-state index in [2.05, 4.69) is 10.3 Å². The largest absolute Gasteiger partial charge is 0.376 e. The van der Waals surface area contributed by atoms with E-state index in [-0.39, 0.29) is 12.0 Å². The summed E-state index contributed by atoms with van der Waals surface area (Å²) in [5.74, 6) is -0.158. The molecule has 0 bridgehead atoms. The number of carbonyl (C=O) groups is 1. The van der Waals surface area contributed by atoms with E-state index < -0.39 is 6.10 Å². The number of ether oxygens (including phenoxy) is 2. The molecule has 0 radical (unpaired) electrons. The van der Waals surface area contributed by atoms with E-state index in [1.807, 2.05) is 13.8 Å². The van der Waals surface area contributed by atoms with Crippen LogP contribution in [0.25, 0.3) is 0 Å². The molecule has 6 heteroatoms. The average Bonchev–Trinajstić information content (AvgIpc) is 2.75. The molecule has 2 atom stereocenters. The van der Waals surface area contributed by atoms with Gasteiger partial charge in [0, 0.05) is 11.5 Å². The quantitative estimate of drug-likeness (QED) is 0.908. The summed E-state index contributed by atoms with van der Waals surface area (Å²) in [5.41, 5.74) is 0.953. The summed E-state index contributed by atoms with van der Waals surface area (Å²) < 4.78 is 11.2. The lowest BCUT2D eigenvalue weighted by Crippen LogP contribution is -2.32. The third-order valence-corrected chi connectivity index (χ3v) is 4.42. The number of rotatable bonds is 5. The molecule has 0 unspecified atom stereocenters. The Bertz CT molecular complexity index is 436. The highest BCUT2D eigenvalue weighted by atomic mass is 32.1. The maximum atomic E-state index is 12.0. The van der Waals surface area contributed by atoms with E-state index in [1.54, 1.807) is 6.92 Å². The van der Waals surface area contributed by atoms with Gasteiger partial charge < -0.3 is 9.47 Å². The Morgan fingerprint density at radius 2 is 2.35 bits per heavy atom. The van der Waals surface area contributed by atoms with Crippen molar-refractivity contribution in [1.82, 2.24) is 4.98 Å². The topological polar surface area (TPSA) is 60.5 Å². The maximum absolute atomic E-state index is 12.0. The zero-order valence-corrected chi connectivity index (χ0v) is 13.1. The molecule has 0 saturated carbocycles. The van der Waals surface area contributed by atoms with Crippen molar-refractivity contribution < 1.29 is 14.3 Å². The summed E-state index contributed by atoms with van der Waals surface area (Å²) >= 11 is 1.48. The van der Waals surface area contributed by atoms with Crippen molar-refractivity contribution in [3.05, 3.63) is 10.6 Å². The van der Waals surface area contributed by atoms with Gasteiger partial charge in [-0.25, -0.2) is 4.98 Å². The van der Waals surface area contributed by atoms with Crippen LogP contribution in [0.2, 0.25) is 0 Å². The molecule has 1 fully saturated rings. The Balaban J connectivity index is 1.76. The first kappa shape index (κ1) is 15.4. The first-order chi connectivity index (χ1) is 9.56. The highest BCUT2D eigenvalue weighted by molar-refractivity contribution is 7.15. The van der Waals surface area contributed by atoms with Crippen molar-refractivity contribution in [1.29, 1.82) is 0 Å². The average molecular weight is 298 g/mol. The number of nitrogens with one attached hydrogen (secondary N) is 1. The predicted octanol–water partition coefficient (Wildman–Crippen LogP) is 2.67. The number of nitrogens with zero attached hydrogens (tertiary/aromatic N) is 1. The van der Waals surface area contributed by atoms with E-state index >= 15 is 0 Å². The highest BCUT2D eigenvalue weighted by Gasteiger charge is 2.19. The molecule has 1 aliphatic rings. The van der Waals surface area contributed by atoms with E-state index in [9.17, 15) is 4.79 Å². The fourth-order valence-electron chi connectivity index (χ4n) is 2.00. The lowest BCUT2D eigenvalue weighted by atomic mass is 10.1. The van der Waals surface area contributed by atoms with Crippen LogP contribution in [0.3, 0.4) is 0 Å². The smallest absolute Gasteiger partial charge is 0.254 e. The Morgan fingerprint density at radius 3 is 2.95 bits per heavy atom. The van der Waals surface area contributed by atoms with E-state index in [4.69, 9.17) is 9.47 Å². The van der Waals surface area contributed by atoms with Crippen LogP contribution in [0.15, 0.2) is 0 Å². The molecule has 1 aromatic rings. The highest BCUT2D eigenvalue weighted by Crippen LogP contribution is 2.21. The van der Waals surface area contributed by atoms with E-state index in [0.717, 1.165) is 30.0 Å². The summed E-state index contributed by atoms with van der Waals surface area (Å²) in [6, 6.07) is 0. The van der Waals surface area contributed by atoms with Gasteiger partial charge in [0.2, 0.25) is 0 Å². The van der Waals surface area contributed by atoms with Gasteiger partial charge in [0.05, 0.1) is 18.4 Å². The summed E-state index contributed by atoms with van der Waals surface area (Å²) in [7, 11) is 0. The maximum Gasteiger partial charge on any atom is 0.254 e. The Labute approximate surface area is 123 Å². The summed E-state index contributed by atoms with van der Waals surface area (Å²) in [4.78, 5) is 17.4. The molecule has 5 nitrogen and oxygen atoms in total. The zero-order chi connectivity index (χ0) is 14.5. The predicted molar refractivity (Wildman–Crippen MR) is 79.2 cm³/mol. The second kappa shape index (κ2) is 7.15. The monoisotopic (exact) mass is 298 g/mol. The minimum absolute atomic E-state index is 0.128. The van der Waals surface area contributed by atoms with Crippen molar-refractivity contribution in [2.24, 2.45) is 0 Å². The van der Waals surface area contributed by atoms with Gasteiger partial charge in [-0.1, -0.05) is 0 Å². The van der Waals surface area contributed by atoms with E-state index in [0.29, 0.717) is 11.7 Å². The third-order valence-electron chi connectivity index (χ3n) is 3.43. The SMILES string of the molecule is Cc1nc(NC(=O)[C@H](C)OC[C@H]2CCCCO2)sc1C. The number of aryl methyl sites for hydroxylation is 2. The number of carbonyl (C=O) groups excluding carboxylic acids is 1. The summed E-state index contributed by atoms with van der Waals surface area (Å²) in [6.45, 7) is 6.95. The van der Waals surface area contributed by atoms with Crippen LogP contribution in [0.5, 0.6) is 0 Å². The molecule has 2 rings (SSSR count). The molecular formula is C14H22N2O3S. The van der Waals surface area contributed by atoms with Crippen molar-refractivity contribution in [2.45, 2.75) is 52.2 Å². The molecule has 2 heterocycles. The number of aromatic nitrogens is 1. The number of anilines is 1. The molecule has 1 amide bonds. The van der Waals surface area contributed by atoms with Gasteiger partial charge in [0.15, 0.2) is 5.13 Å². The van der Waals surface area contributed by atoms with Gasteiger partial charge in [0.1, 0.15) is 6.10 Å². The van der Waals surface area contributed by atoms with Crippen LogP contribution in [-0.2, 0) is 14.3 Å². The van der Waals surface area contributed by atoms with Crippen LogP contribution in [0, 0.1) is 13.8 Å². The van der Waals surface area contributed by atoms with Crippen LogP contribution in [-0.4, -0.2) is 36.3 Å². The Morgan fingerprint density at radius 1 is 1.55 bits per heavy atom. The number of hydrogen-bond donors (Lipinski definition) is 1. The molecule has 1 N–H and O–H groups in total. The molecule has 0 aliphatic carbocycles. The molecule has 0 spiro atoms. The summed E-state index contributed by atoms with van der Waals surface area (Å²) in [6.07, 6.45) is 2.94. The third kappa shape index (κ3) is 4.26. The standard InChI is InChI=1S/C14H22N2O3S/c1-9-11(3)20-14(15-9)16-13(17)10(2)19-8-12-6-4-5-7-18-12/h10,12H,4-8H2,1-3H3,(H,15,16,17)/t10-,12+/m0/s1. The second-order valence-electron chi connectivity index (χ2n) is 5.11. The minimum atomic E-state index is -0.495. The van der Waals surface area contributed by atoms with E-state index in [1.165, 1.54) is 17.8 Å². The van der Waals surface area contributed by atoms with Crippen molar-refractivity contribution in [3.8, 4) is 0 Å². The molecule has 0 aromatic carbocycles. The fraction of sp³-hybridized carbons (Fsp3) is 0.714. The molecule has 112 valence electrons. The normalized spacial score (nSPS) is 20.6. The van der Waals surface area contributed by atoms with Crippen LogP contribution in [0.1, 0.15) is 36.8 Å². The lowest BCUT2D eigenvalue weighted by molar-refractivity contribution is -0.130. The Kier molecular flexibility index (Phi) is 5.51. The van der Waals surface area contributed by atoms with Gasteiger partial charge in [-0.15, -0.1) is 11.3 Å². The van der Waals surface area contributed by atoms with Crippen molar-refractivity contribution >= 4 is 22.4 Å². The second-order valence-corrected chi connectivity index (χ2v) is 6.32. The number of hydrogen-bond acceptors (Lipinski definition) is 5. The lowest BCUT2D eigenvalue weighted by Gasteiger charge is -2.23. The number of thiazole rings is 1. The van der Waals surface area contributed by atoms with Gasteiger partial charge in [-0.3, -0.25) is 10.1 Å². The van der Waals surface area contributed by atoms with Gasteiger partial charge >= 0.3 is 0 Å². The van der Waals surface area contributed by atoms with Crippen LogP contribution >= 0.6 is 11.3 Å². The van der Waals surface area contributed by atoms with Crippen LogP contribution < -0.4 is 5.32 Å². The Hall–Kier alpha value is -0.980. The first-order valence-corrected chi connectivity index (χ1v) is 7.86. The molecule has 1 saturated heterocycles. The minimum Gasteiger partial charge on any atom is -0.376 e. The van der Waals surface area contributed by atoms with Gasteiger partial charge in [-0.05, 0) is 40.0 Å². The van der Waals surface area contributed by atoms with Crippen LogP contribution in [0.4, 0.5) is 5.13 Å². The first-order valence-electron chi connectivity index (χ1n) is 7.04. The molecular weight excluding hydrogens is 276 g/mol. The van der Waals surface area contributed by atoms with Crippen molar-refractivity contribution in [3.63, 3.8) is 0 Å². The fourth-order valence-corrected chi connectivity index (χ4v) is 2.82. The zero-order valence-electron chi connectivity index (χ0n) is 12.3.